The molecule has 1 atom stereocenters. The highest BCUT2D eigenvalue weighted by molar-refractivity contribution is 7.86. The second-order valence-electron chi connectivity index (χ2n) is 5.72. The van der Waals surface area contributed by atoms with Gasteiger partial charge in [0.1, 0.15) is 11.5 Å². The van der Waals surface area contributed by atoms with E-state index < -0.39 is 27.4 Å². The van der Waals surface area contributed by atoms with Gasteiger partial charge in [0, 0.05) is 30.8 Å². The summed E-state index contributed by atoms with van der Waals surface area (Å²) in [6.07, 6.45) is 1.18. The Balaban J connectivity index is 2.47. The standard InChI is InChI=1S/C16H22N4O7S/c1-26-10-3-4-11(13(7-10)27-2)12-8-14(21)19-16(28(23,24)25)20(12)6-5-18-15(22)9-17/h3-4,7-8,16H,5-6,9,17H2,1-2H3,(H,18,22)(H,19,21)(H,23,24,25). The van der Waals surface area contributed by atoms with E-state index in [2.05, 4.69) is 10.6 Å². The van der Waals surface area contributed by atoms with Crippen molar-refractivity contribution in [1.82, 2.24) is 15.5 Å². The monoisotopic (exact) mass is 414 g/mol. The van der Waals surface area contributed by atoms with Crippen LogP contribution < -0.4 is 25.8 Å². The Hall–Kier alpha value is -2.83. The van der Waals surface area contributed by atoms with E-state index in [1.807, 2.05) is 0 Å². The summed E-state index contributed by atoms with van der Waals surface area (Å²) in [5.74, 6) is -0.324. The number of ether oxygens (including phenoxy) is 2. The van der Waals surface area contributed by atoms with Gasteiger partial charge in [-0.2, -0.15) is 8.42 Å². The summed E-state index contributed by atoms with van der Waals surface area (Å²) in [5.41, 5.74) is 4.08. The molecule has 12 heteroatoms. The molecule has 0 radical (unpaired) electrons. The molecule has 2 rings (SSSR count). The summed E-state index contributed by atoms with van der Waals surface area (Å²) in [4.78, 5) is 24.7. The number of carbonyl (C=O) groups excluding carboxylic acids is 2. The summed E-state index contributed by atoms with van der Waals surface area (Å²) >= 11 is 0. The minimum Gasteiger partial charge on any atom is -0.497 e. The van der Waals surface area contributed by atoms with Gasteiger partial charge in [0.25, 0.3) is 0 Å². The van der Waals surface area contributed by atoms with E-state index in [-0.39, 0.29) is 25.3 Å². The molecule has 1 aromatic carbocycles. The Morgan fingerprint density at radius 2 is 2.07 bits per heavy atom. The number of hydrogen-bond donors (Lipinski definition) is 4. The number of hydrogen-bond acceptors (Lipinski definition) is 8. The highest BCUT2D eigenvalue weighted by atomic mass is 32.2. The Kier molecular flexibility index (Phi) is 6.83. The maximum absolute atomic E-state index is 12.1. The number of rotatable bonds is 8. The van der Waals surface area contributed by atoms with Gasteiger partial charge in [-0.15, -0.1) is 0 Å². The molecule has 154 valence electrons. The highest BCUT2D eigenvalue weighted by Crippen LogP contribution is 2.34. The first-order valence-electron chi connectivity index (χ1n) is 8.15. The number of carbonyl (C=O) groups is 2. The van der Waals surface area contributed by atoms with Crippen molar-refractivity contribution in [2.45, 2.75) is 5.50 Å². The minimum atomic E-state index is -4.69. The summed E-state index contributed by atoms with van der Waals surface area (Å²) < 4.78 is 43.7. The van der Waals surface area contributed by atoms with Crippen LogP contribution in [0.1, 0.15) is 5.56 Å². The van der Waals surface area contributed by atoms with Crippen LogP contribution in [0.5, 0.6) is 11.5 Å². The van der Waals surface area contributed by atoms with Crippen LogP contribution >= 0.6 is 0 Å². The number of amides is 2. The quantitative estimate of drug-likeness (QED) is 0.380. The van der Waals surface area contributed by atoms with Gasteiger partial charge in [-0.25, -0.2) is 0 Å². The lowest BCUT2D eigenvalue weighted by Crippen LogP contribution is -2.56. The third-order valence-corrected chi connectivity index (χ3v) is 4.89. The topological polar surface area (TPSA) is 160 Å². The molecular formula is C16H22N4O7S. The number of nitrogens with zero attached hydrogens (tertiary/aromatic N) is 1. The molecule has 0 saturated heterocycles. The number of methoxy groups -OCH3 is 2. The molecule has 0 saturated carbocycles. The molecule has 0 aliphatic carbocycles. The lowest BCUT2D eigenvalue weighted by molar-refractivity contribution is -0.120. The maximum atomic E-state index is 12.1. The molecule has 0 bridgehead atoms. The van der Waals surface area contributed by atoms with Crippen molar-refractivity contribution < 1.29 is 32.0 Å². The number of benzene rings is 1. The third-order valence-electron chi connectivity index (χ3n) is 3.95. The van der Waals surface area contributed by atoms with Gasteiger partial charge < -0.3 is 30.7 Å². The first-order chi connectivity index (χ1) is 13.2. The van der Waals surface area contributed by atoms with E-state index in [4.69, 9.17) is 15.2 Å². The molecule has 1 heterocycles. The lowest BCUT2D eigenvalue weighted by Gasteiger charge is -2.37. The fraction of sp³-hybridized carbons (Fsp3) is 0.375. The zero-order valence-electron chi connectivity index (χ0n) is 15.3. The third kappa shape index (κ3) is 4.91. The fourth-order valence-electron chi connectivity index (χ4n) is 2.68. The van der Waals surface area contributed by atoms with Gasteiger partial charge >= 0.3 is 10.1 Å². The summed E-state index contributed by atoms with van der Waals surface area (Å²) in [5, 5.41) is 4.70. The number of nitrogens with one attached hydrogen (secondary N) is 2. The molecule has 5 N–H and O–H groups in total. The van der Waals surface area contributed by atoms with Gasteiger partial charge in [-0.3, -0.25) is 14.1 Å². The van der Waals surface area contributed by atoms with Crippen molar-refractivity contribution in [2.24, 2.45) is 5.73 Å². The van der Waals surface area contributed by atoms with Crippen molar-refractivity contribution in [3.63, 3.8) is 0 Å². The minimum absolute atomic E-state index is 0.0216. The molecule has 1 aromatic rings. The zero-order chi connectivity index (χ0) is 20.9. The average Bonchev–Trinajstić information content (AvgIpc) is 2.67. The molecule has 2 amide bonds. The molecule has 1 aliphatic rings. The smallest absolute Gasteiger partial charge is 0.306 e. The Morgan fingerprint density at radius 1 is 1.36 bits per heavy atom. The van der Waals surface area contributed by atoms with E-state index >= 15 is 0 Å². The summed E-state index contributed by atoms with van der Waals surface area (Å²) in [6.45, 7) is -0.251. The molecule has 11 nitrogen and oxygen atoms in total. The highest BCUT2D eigenvalue weighted by Gasteiger charge is 2.37. The van der Waals surface area contributed by atoms with E-state index in [1.165, 1.54) is 25.2 Å². The number of nitrogens with two attached hydrogens (primary N) is 1. The summed E-state index contributed by atoms with van der Waals surface area (Å²) in [7, 11) is -1.80. The van der Waals surface area contributed by atoms with Crippen LogP contribution in [0, 0.1) is 0 Å². The van der Waals surface area contributed by atoms with E-state index in [0.717, 1.165) is 0 Å². The van der Waals surface area contributed by atoms with Crippen molar-refractivity contribution in [3.05, 3.63) is 29.8 Å². The van der Waals surface area contributed by atoms with Crippen molar-refractivity contribution in [2.75, 3.05) is 33.9 Å². The van der Waals surface area contributed by atoms with E-state index in [0.29, 0.717) is 17.1 Å². The Morgan fingerprint density at radius 3 is 2.64 bits per heavy atom. The van der Waals surface area contributed by atoms with Crippen LogP contribution in [-0.2, 0) is 19.7 Å². The zero-order valence-corrected chi connectivity index (χ0v) is 16.2. The van der Waals surface area contributed by atoms with E-state index in [9.17, 15) is 22.6 Å². The molecule has 0 aromatic heterocycles. The molecular weight excluding hydrogens is 392 g/mol. The normalized spacial score (nSPS) is 16.9. The van der Waals surface area contributed by atoms with Crippen LogP contribution in [0.2, 0.25) is 0 Å². The van der Waals surface area contributed by atoms with E-state index in [1.54, 1.807) is 18.2 Å². The van der Waals surface area contributed by atoms with Crippen LogP contribution in [0.3, 0.4) is 0 Å². The first-order valence-corrected chi connectivity index (χ1v) is 9.66. The Labute approximate surface area is 162 Å². The van der Waals surface area contributed by atoms with Crippen molar-refractivity contribution in [1.29, 1.82) is 0 Å². The van der Waals surface area contributed by atoms with Gasteiger partial charge in [-0.1, -0.05) is 0 Å². The molecule has 0 fully saturated rings. The first kappa shape index (κ1) is 21.5. The Bertz CT molecular complexity index is 885. The average molecular weight is 414 g/mol. The van der Waals surface area contributed by atoms with Gasteiger partial charge in [0.05, 0.1) is 26.5 Å². The SMILES string of the molecule is COc1ccc(C2=CC(=O)NC(S(=O)(=O)O)N2CCNC(=O)CN)c(OC)c1. The van der Waals surface area contributed by atoms with Crippen molar-refractivity contribution in [3.8, 4) is 11.5 Å². The maximum Gasteiger partial charge on any atom is 0.306 e. The van der Waals surface area contributed by atoms with Gasteiger partial charge in [0.15, 0.2) is 0 Å². The van der Waals surface area contributed by atoms with Crippen LogP contribution in [0.4, 0.5) is 0 Å². The van der Waals surface area contributed by atoms with Crippen LogP contribution in [0.25, 0.3) is 5.70 Å². The largest absolute Gasteiger partial charge is 0.497 e. The fourth-order valence-corrected chi connectivity index (χ4v) is 3.48. The second-order valence-corrected chi connectivity index (χ2v) is 7.20. The van der Waals surface area contributed by atoms with Gasteiger partial charge in [0.2, 0.25) is 17.3 Å². The molecule has 1 aliphatic heterocycles. The second kappa shape index (κ2) is 8.91. The molecule has 0 spiro atoms. The van der Waals surface area contributed by atoms with Gasteiger partial charge in [-0.05, 0) is 12.1 Å². The molecule has 28 heavy (non-hydrogen) atoms. The van der Waals surface area contributed by atoms with Crippen LogP contribution in [-0.4, -0.2) is 69.0 Å². The lowest BCUT2D eigenvalue weighted by atomic mass is 10.1. The molecule has 1 unspecified atom stereocenters. The van der Waals surface area contributed by atoms with Crippen molar-refractivity contribution >= 4 is 27.6 Å². The predicted octanol–water partition coefficient (Wildman–Crippen LogP) is -1.28. The van der Waals surface area contributed by atoms with Crippen LogP contribution in [0.15, 0.2) is 24.3 Å². The predicted molar refractivity (Wildman–Crippen MR) is 99.8 cm³/mol. The summed E-state index contributed by atoms with van der Waals surface area (Å²) in [6, 6.07) is 4.77.